The van der Waals surface area contributed by atoms with Crippen LogP contribution in [0.3, 0.4) is 0 Å². The number of hydrogen-bond acceptors (Lipinski definition) is 3. The lowest BCUT2D eigenvalue weighted by atomic mass is 10.0. The molecule has 0 atom stereocenters. The van der Waals surface area contributed by atoms with Crippen LogP contribution >= 0.6 is 0 Å². The second-order valence-electron chi connectivity index (χ2n) is 3.32. The summed E-state index contributed by atoms with van der Waals surface area (Å²) in [6.07, 6.45) is 0. The predicted molar refractivity (Wildman–Crippen MR) is 56.5 cm³/mol. The molecule has 1 rings (SSSR count). The number of rotatable bonds is 2. The highest BCUT2D eigenvalue weighted by Gasteiger charge is 2.07. The number of methoxy groups -OCH3 is 1. The molecule has 1 N–H and O–H groups in total. The largest absolute Gasteiger partial charge is 0.496 e. The molecular formula is C11H15NO2. The maximum absolute atomic E-state index is 8.69. The fourth-order valence-electron chi connectivity index (χ4n) is 1.45. The molecule has 1 aromatic rings. The second-order valence-corrected chi connectivity index (χ2v) is 3.32. The Morgan fingerprint density at radius 2 is 1.93 bits per heavy atom. The van der Waals surface area contributed by atoms with Crippen molar-refractivity contribution < 1.29 is 9.94 Å². The molecule has 3 nitrogen and oxygen atoms in total. The fourth-order valence-corrected chi connectivity index (χ4v) is 1.45. The maximum atomic E-state index is 8.69. The van der Waals surface area contributed by atoms with Gasteiger partial charge in [-0.15, -0.1) is 0 Å². The van der Waals surface area contributed by atoms with Crippen LogP contribution in [0.15, 0.2) is 17.3 Å². The first-order valence-electron chi connectivity index (χ1n) is 4.44. The SMILES string of the molecule is COc1cc(C)c(/C(C)=N\O)cc1C. The van der Waals surface area contributed by atoms with E-state index < -0.39 is 0 Å². The van der Waals surface area contributed by atoms with Gasteiger partial charge in [-0.25, -0.2) is 0 Å². The first-order valence-corrected chi connectivity index (χ1v) is 4.44. The molecule has 0 heterocycles. The molecule has 1 aromatic carbocycles. The average molecular weight is 193 g/mol. The van der Waals surface area contributed by atoms with E-state index in [0.717, 1.165) is 22.4 Å². The highest BCUT2D eigenvalue weighted by atomic mass is 16.5. The van der Waals surface area contributed by atoms with Gasteiger partial charge in [0.25, 0.3) is 0 Å². The van der Waals surface area contributed by atoms with E-state index in [1.165, 1.54) is 0 Å². The van der Waals surface area contributed by atoms with Gasteiger partial charge in [0, 0.05) is 5.56 Å². The van der Waals surface area contributed by atoms with Gasteiger partial charge in [-0.05, 0) is 44.0 Å². The predicted octanol–water partition coefficient (Wildman–Crippen LogP) is 2.51. The molecule has 0 unspecified atom stereocenters. The van der Waals surface area contributed by atoms with E-state index in [4.69, 9.17) is 9.94 Å². The Kier molecular flexibility index (Phi) is 3.12. The minimum atomic E-state index is 0.619. The Bertz CT molecular complexity index is 370. The van der Waals surface area contributed by atoms with Crippen molar-refractivity contribution in [2.75, 3.05) is 7.11 Å². The van der Waals surface area contributed by atoms with E-state index in [-0.39, 0.29) is 0 Å². The third kappa shape index (κ3) is 1.87. The molecule has 0 aliphatic heterocycles. The van der Waals surface area contributed by atoms with Crippen molar-refractivity contribution >= 4 is 5.71 Å². The summed E-state index contributed by atoms with van der Waals surface area (Å²) in [5.41, 5.74) is 3.65. The smallest absolute Gasteiger partial charge is 0.122 e. The van der Waals surface area contributed by atoms with E-state index in [1.807, 2.05) is 26.0 Å². The number of ether oxygens (including phenoxy) is 1. The van der Waals surface area contributed by atoms with Crippen LogP contribution in [0.4, 0.5) is 0 Å². The third-order valence-electron chi connectivity index (χ3n) is 2.28. The molecule has 0 aliphatic rings. The van der Waals surface area contributed by atoms with Crippen LogP contribution in [0.1, 0.15) is 23.6 Å². The van der Waals surface area contributed by atoms with Crippen molar-refractivity contribution in [1.82, 2.24) is 0 Å². The van der Waals surface area contributed by atoms with Gasteiger partial charge in [0.15, 0.2) is 0 Å². The zero-order chi connectivity index (χ0) is 10.7. The maximum Gasteiger partial charge on any atom is 0.122 e. The highest BCUT2D eigenvalue weighted by molar-refractivity contribution is 5.99. The molecule has 0 bridgehead atoms. The molecule has 0 saturated heterocycles. The Hall–Kier alpha value is -1.51. The highest BCUT2D eigenvalue weighted by Crippen LogP contribution is 2.22. The summed E-state index contributed by atoms with van der Waals surface area (Å²) in [7, 11) is 1.65. The molecule has 76 valence electrons. The lowest BCUT2D eigenvalue weighted by Gasteiger charge is -2.10. The van der Waals surface area contributed by atoms with Gasteiger partial charge < -0.3 is 9.94 Å². The van der Waals surface area contributed by atoms with Gasteiger partial charge in [-0.1, -0.05) is 5.16 Å². The molecule has 0 saturated carbocycles. The van der Waals surface area contributed by atoms with Crippen LogP contribution in [-0.4, -0.2) is 18.0 Å². The minimum absolute atomic E-state index is 0.619. The van der Waals surface area contributed by atoms with Crippen LogP contribution in [0.25, 0.3) is 0 Å². The second kappa shape index (κ2) is 4.13. The molecular weight excluding hydrogens is 178 g/mol. The van der Waals surface area contributed by atoms with Crippen LogP contribution in [0, 0.1) is 13.8 Å². The van der Waals surface area contributed by atoms with E-state index in [9.17, 15) is 0 Å². The lowest BCUT2D eigenvalue weighted by molar-refractivity contribution is 0.319. The van der Waals surface area contributed by atoms with Crippen LogP contribution in [-0.2, 0) is 0 Å². The topological polar surface area (TPSA) is 41.8 Å². The van der Waals surface area contributed by atoms with Gasteiger partial charge in [0.1, 0.15) is 5.75 Å². The first kappa shape index (κ1) is 10.6. The quantitative estimate of drug-likeness (QED) is 0.445. The average Bonchev–Trinajstić information content (AvgIpc) is 2.19. The molecule has 0 spiro atoms. The van der Waals surface area contributed by atoms with E-state index in [1.54, 1.807) is 14.0 Å². The summed E-state index contributed by atoms with van der Waals surface area (Å²) < 4.78 is 5.19. The summed E-state index contributed by atoms with van der Waals surface area (Å²) in [5, 5.41) is 11.9. The monoisotopic (exact) mass is 193 g/mol. The van der Waals surface area contributed by atoms with Crippen molar-refractivity contribution in [3.8, 4) is 5.75 Å². The van der Waals surface area contributed by atoms with Gasteiger partial charge >= 0.3 is 0 Å². The zero-order valence-corrected chi connectivity index (χ0v) is 8.96. The third-order valence-corrected chi connectivity index (χ3v) is 2.28. The van der Waals surface area contributed by atoms with E-state index in [2.05, 4.69) is 5.16 Å². The first-order chi connectivity index (χ1) is 6.60. The van der Waals surface area contributed by atoms with Crippen LogP contribution in [0.2, 0.25) is 0 Å². The Labute approximate surface area is 84.0 Å². The van der Waals surface area contributed by atoms with Crippen molar-refractivity contribution in [2.45, 2.75) is 20.8 Å². The zero-order valence-electron chi connectivity index (χ0n) is 8.96. The Balaban J connectivity index is 3.29. The van der Waals surface area contributed by atoms with E-state index in [0.29, 0.717) is 5.71 Å². The molecule has 14 heavy (non-hydrogen) atoms. The molecule has 0 aromatic heterocycles. The summed E-state index contributed by atoms with van der Waals surface area (Å²) in [6, 6.07) is 3.91. The summed E-state index contributed by atoms with van der Waals surface area (Å²) in [4.78, 5) is 0. The Morgan fingerprint density at radius 1 is 1.29 bits per heavy atom. The fraction of sp³-hybridized carbons (Fsp3) is 0.364. The van der Waals surface area contributed by atoms with Crippen LogP contribution in [0.5, 0.6) is 5.75 Å². The summed E-state index contributed by atoms with van der Waals surface area (Å²) in [6.45, 7) is 5.70. The van der Waals surface area contributed by atoms with Crippen molar-refractivity contribution in [3.63, 3.8) is 0 Å². The number of nitrogens with zero attached hydrogens (tertiary/aromatic N) is 1. The van der Waals surface area contributed by atoms with Crippen molar-refractivity contribution in [1.29, 1.82) is 0 Å². The molecule has 0 radical (unpaired) electrons. The molecule has 0 fully saturated rings. The lowest BCUT2D eigenvalue weighted by Crippen LogP contribution is -2.00. The Morgan fingerprint density at radius 3 is 2.43 bits per heavy atom. The number of hydrogen-bond donors (Lipinski definition) is 1. The van der Waals surface area contributed by atoms with E-state index >= 15 is 0 Å². The van der Waals surface area contributed by atoms with Crippen LogP contribution < -0.4 is 4.74 Å². The number of oxime groups is 1. The minimum Gasteiger partial charge on any atom is -0.496 e. The normalized spacial score (nSPS) is 11.6. The summed E-state index contributed by atoms with van der Waals surface area (Å²) >= 11 is 0. The van der Waals surface area contributed by atoms with Crippen molar-refractivity contribution in [2.24, 2.45) is 5.16 Å². The number of benzene rings is 1. The van der Waals surface area contributed by atoms with Gasteiger partial charge in [0.2, 0.25) is 0 Å². The molecule has 3 heteroatoms. The van der Waals surface area contributed by atoms with Gasteiger partial charge in [0.05, 0.1) is 12.8 Å². The van der Waals surface area contributed by atoms with Gasteiger partial charge in [-0.3, -0.25) is 0 Å². The standard InChI is InChI=1S/C11H15NO2/c1-7-6-11(14-4)8(2)5-10(7)9(3)12-13/h5-6,13H,1-4H3/b12-9-. The molecule has 0 aliphatic carbocycles. The van der Waals surface area contributed by atoms with Gasteiger partial charge in [-0.2, -0.15) is 0 Å². The molecule has 0 amide bonds. The number of aryl methyl sites for hydroxylation is 2. The van der Waals surface area contributed by atoms with Crippen molar-refractivity contribution in [3.05, 3.63) is 28.8 Å². The summed E-state index contributed by atoms with van der Waals surface area (Å²) in [5.74, 6) is 0.858.